The summed E-state index contributed by atoms with van der Waals surface area (Å²) in [5, 5.41) is 4.68. The van der Waals surface area contributed by atoms with Crippen molar-refractivity contribution in [3.05, 3.63) is 29.1 Å². The van der Waals surface area contributed by atoms with Gasteiger partial charge in [-0.25, -0.2) is 0 Å². The molecule has 0 spiro atoms. The van der Waals surface area contributed by atoms with Crippen molar-refractivity contribution >= 4 is 5.91 Å². The van der Waals surface area contributed by atoms with Gasteiger partial charge in [0.2, 0.25) is 5.91 Å². The van der Waals surface area contributed by atoms with Crippen LogP contribution in [0.1, 0.15) is 56.0 Å². The van der Waals surface area contributed by atoms with Crippen molar-refractivity contribution in [3.8, 4) is 0 Å². The summed E-state index contributed by atoms with van der Waals surface area (Å²) in [6.45, 7) is 2.58. The predicted octanol–water partition coefficient (Wildman–Crippen LogP) is 2.76. The van der Waals surface area contributed by atoms with E-state index in [1.54, 1.807) is 6.08 Å². The average Bonchev–Trinajstić information content (AvgIpc) is 3.16. The number of allylic oxidation sites excluding steroid dienone is 1. The summed E-state index contributed by atoms with van der Waals surface area (Å²) >= 11 is 0. The van der Waals surface area contributed by atoms with Crippen molar-refractivity contribution in [2.45, 2.75) is 64.5 Å². The summed E-state index contributed by atoms with van der Waals surface area (Å²) in [5.41, 5.74) is 3.89. The van der Waals surface area contributed by atoms with Gasteiger partial charge in [-0.2, -0.15) is 5.10 Å². The minimum absolute atomic E-state index is 0.141. The smallest absolute Gasteiger partial charge is 0.246 e. The van der Waals surface area contributed by atoms with Crippen LogP contribution >= 0.6 is 0 Å². The highest BCUT2D eigenvalue weighted by atomic mass is 16.2. The van der Waals surface area contributed by atoms with E-state index in [-0.39, 0.29) is 5.91 Å². The summed E-state index contributed by atoms with van der Waals surface area (Å²) < 4.78 is 2.02. The number of amides is 1. The van der Waals surface area contributed by atoms with Gasteiger partial charge < -0.3 is 4.90 Å². The van der Waals surface area contributed by atoms with Crippen LogP contribution in [-0.2, 0) is 31.2 Å². The topological polar surface area (TPSA) is 38.1 Å². The normalized spacial score (nSPS) is 18.6. The molecule has 1 fully saturated rings. The molecule has 2 aliphatic rings. The average molecular weight is 287 g/mol. The van der Waals surface area contributed by atoms with Crippen LogP contribution in [0.3, 0.4) is 0 Å². The van der Waals surface area contributed by atoms with Gasteiger partial charge in [0.25, 0.3) is 0 Å². The number of aromatic nitrogens is 2. The quantitative estimate of drug-likeness (QED) is 0.799. The van der Waals surface area contributed by atoms with Crippen LogP contribution in [0.25, 0.3) is 0 Å². The van der Waals surface area contributed by atoms with Crippen LogP contribution in [-0.4, -0.2) is 26.6 Å². The summed E-state index contributed by atoms with van der Waals surface area (Å²) in [6.07, 6.45) is 11.8. The molecular weight excluding hydrogens is 262 g/mol. The Balaban J connectivity index is 1.84. The van der Waals surface area contributed by atoms with Crippen molar-refractivity contribution in [2.75, 3.05) is 0 Å². The molecule has 0 aliphatic heterocycles. The van der Waals surface area contributed by atoms with Crippen molar-refractivity contribution < 1.29 is 4.79 Å². The second kappa shape index (κ2) is 6.04. The van der Waals surface area contributed by atoms with E-state index in [0.29, 0.717) is 12.6 Å². The molecule has 1 aromatic heterocycles. The maximum atomic E-state index is 12.4. The van der Waals surface area contributed by atoms with E-state index in [4.69, 9.17) is 0 Å². The number of nitrogens with zero attached hydrogens (tertiary/aromatic N) is 3. The van der Waals surface area contributed by atoms with Crippen LogP contribution in [0.4, 0.5) is 0 Å². The molecule has 21 heavy (non-hydrogen) atoms. The standard InChI is InChI=1S/C17H25N3O/c1-3-7-17(21)20(13-8-4-5-9-13)12-15-14-10-6-11-16(14)19(2)18-15/h3,7,13H,4-6,8-12H2,1-2H3/b7-3+. The van der Waals surface area contributed by atoms with Crippen molar-refractivity contribution in [1.29, 1.82) is 0 Å². The lowest BCUT2D eigenvalue weighted by Gasteiger charge is -2.27. The van der Waals surface area contributed by atoms with Crippen LogP contribution < -0.4 is 0 Å². The number of aryl methyl sites for hydroxylation is 1. The molecule has 0 bridgehead atoms. The van der Waals surface area contributed by atoms with Gasteiger partial charge in [-0.05, 0) is 50.7 Å². The molecule has 3 rings (SSSR count). The third-order valence-corrected chi connectivity index (χ3v) is 4.88. The molecule has 4 heteroatoms. The fourth-order valence-electron chi connectivity index (χ4n) is 3.83. The molecule has 114 valence electrons. The lowest BCUT2D eigenvalue weighted by atomic mass is 10.1. The molecule has 2 aliphatic carbocycles. The Hall–Kier alpha value is -1.58. The highest BCUT2D eigenvalue weighted by molar-refractivity contribution is 5.87. The first-order valence-electron chi connectivity index (χ1n) is 8.17. The first-order chi connectivity index (χ1) is 10.2. The Bertz CT molecular complexity index is 553. The molecule has 0 saturated heterocycles. The zero-order valence-electron chi connectivity index (χ0n) is 13.1. The molecular formula is C17H25N3O. The first kappa shape index (κ1) is 14.4. The minimum atomic E-state index is 0.141. The third-order valence-electron chi connectivity index (χ3n) is 4.88. The van der Waals surface area contributed by atoms with Crippen molar-refractivity contribution in [2.24, 2.45) is 7.05 Å². The monoisotopic (exact) mass is 287 g/mol. The van der Waals surface area contributed by atoms with E-state index < -0.39 is 0 Å². The third kappa shape index (κ3) is 2.76. The zero-order valence-corrected chi connectivity index (χ0v) is 13.1. The fourth-order valence-corrected chi connectivity index (χ4v) is 3.83. The van der Waals surface area contributed by atoms with Gasteiger partial charge in [-0.3, -0.25) is 9.48 Å². The Morgan fingerprint density at radius 1 is 1.33 bits per heavy atom. The molecule has 1 aromatic rings. The lowest BCUT2D eigenvalue weighted by Crippen LogP contribution is -2.37. The molecule has 1 amide bonds. The second-order valence-electron chi connectivity index (χ2n) is 6.25. The van der Waals surface area contributed by atoms with Gasteiger partial charge in [0.15, 0.2) is 0 Å². The van der Waals surface area contributed by atoms with E-state index in [2.05, 4.69) is 5.10 Å². The number of carbonyl (C=O) groups is 1. The Morgan fingerprint density at radius 3 is 2.81 bits per heavy atom. The Morgan fingerprint density at radius 2 is 2.10 bits per heavy atom. The van der Waals surface area contributed by atoms with Gasteiger partial charge in [-0.1, -0.05) is 18.9 Å². The molecule has 1 saturated carbocycles. The van der Waals surface area contributed by atoms with Crippen LogP contribution in [0.2, 0.25) is 0 Å². The molecule has 0 radical (unpaired) electrons. The number of fused-ring (bicyclic) bond motifs is 1. The number of rotatable bonds is 4. The number of hydrogen-bond donors (Lipinski definition) is 0. The predicted molar refractivity (Wildman–Crippen MR) is 82.9 cm³/mol. The van der Waals surface area contributed by atoms with E-state index in [1.807, 2.05) is 29.6 Å². The summed E-state index contributed by atoms with van der Waals surface area (Å²) in [4.78, 5) is 14.5. The molecule has 0 unspecified atom stereocenters. The SMILES string of the molecule is C/C=C/C(=O)N(Cc1nn(C)c2c1CCC2)C1CCCC1. The van der Waals surface area contributed by atoms with Crippen molar-refractivity contribution in [1.82, 2.24) is 14.7 Å². The van der Waals surface area contributed by atoms with Crippen molar-refractivity contribution in [3.63, 3.8) is 0 Å². The highest BCUT2D eigenvalue weighted by Crippen LogP contribution is 2.29. The van der Waals surface area contributed by atoms with Crippen LogP contribution in [0, 0.1) is 0 Å². The van der Waals surface area contributed by atoms with E-state index in [0.717, 1.165) is 31.4 Å². The first-order valence-corrected chi connectivity index (χ1v) is 8.17. The summed E-state index contributed by atoms with van der Waals surface area (Å²) in [7, 11) is 2.03. The molecule has 0 aromatic carbocycles. The lowest BCUT2D eigenvalue weighted by molar-refractivity contribution is -0.128. The number of hydrogen-bond acceptors (Lipinski definition) is 2. The molecule has 0 N–H and O–H groups in total. The van der Waals surface area contributed by atoms with Crippen LogP contribution in [0.5, 0.6) is 0 Å². The maximum Gasteiger partial charge on any atom is 0.246 e. The Labute approximate surface area is 126 Å². The zero-order chi connectivity index (χ0) is 14.8. The van der Waals surface area contributed by atoms with Gasteiger partial charge in [0.05, 0.1) is 12.2 Å². The van der Waals surface area contributed by atoms with Gasteiger partial charge in [0, 0.05) is 18.8 Å². The molecule has 0 atom stereocenters. The Kier molecular flexibility index (Phi) is 4.13. The van der Waals surface area contributed by atoms with Crippen LogP contribution in [0.15, 0.2) is 12.2 Å². The number of carbonyl (C=O) groups excluding carboxylic acids is 1. The molecule has 1 heterocycles. The van der Waals surface area contributed by atoms with Gasteiger partial charge >= 0.3 is 0 Å². The van der Waals surface area contributed by atoms with Gasteiger partial charge in [0.1, 0.15) is 0 Å². The molecule has 4 nitrogen and oxygen atoms in total. The summed E-state index contributed by atoms with van der Waals surface area (Å²) in [6, 6.07) is 0.396. The minimum Gasteiger partial charge on any atom is -0.330 e. The second-order valence-corrected chi connectivity index (χ2v) is 6.25. The highest BCUT2D eigenvalue weighted by Gasteiger charge is 2.29. The van der Waals surface area contributed by atoms with Gasteiger partial charge in [-0.15, -0.1) is 0 Å². The fraction of sp³-hybridized carbons (Fsp3) is 0.647. The van der Waals surface area contributed by atoms with E-state index in [1.165, 1.54) is 30.5 Å². The largest absolute Gasteiger partial charge is 0.330 e. The maximum absolute atomic E-state index is 12.4. The van der Waals surface area contributed by atoms with E-state index in [9.17, 15) is 4.79 Å². The van der Waals surface area contributed by atoms with E-state index >= 15 is 0 Å². The summed E-state index contributed by atoms with van der Waals surface area (Å²) in [5.74, 6) is 0.141.